The van der Waals surface area contributed by atoms with Crippen molar-refractivity contribution in [3.05, 3.63) is 121 Å². The van der Waals surface area contributed by atoms with E-state index in [-0.39, 0.29) is 6.04 Å². The maximum atomic E-state index is 6.61. The lowest BCUT2D eigenvalue weighted by Crippen LogP contribution is -2.29. The molecule has 1 aliphatic carbocycles. The van der Waals surface area contributed by atoms with Crippen LogP contribution in [-0.4, -0.2) is 13.2 Å². The van der Waals surface area contributed by atoms with Gasteiger partial charge < -0.3 is 9.84 Å². The number of nitrogens with one attached hydrogen (secondary N) is 1. The molecule has 0 saturated carbocycles. The van der Waals surface area contributed by atoms with Crippen molar-refractivity contribution in [1.82, 2.24) is 5.32 Å². The zero-order chi connectivity index (χ0) is 19.7. The van der Waals surface area contributed by atoms with E-state index < -0.39 is 8.15 Å². The Labute approximate surface area is 174 Å². The molecule has 2 nitrogen and oxygen atoms in total. The lowest BCUT2D eigenvalue weighted by atomic mass is 10.1. The molecule has 1 atom stereocenters. The Hall–Kier alpha value is -2.51. The number of benzene rings is 3. The Morgan fingerprint density at radius 3 is 1.79 bits per heavy atom. The smallest absolute Gasteiger partial charge is 0.0918 e. The van der Waals surface area contributed by atoms with Crippen LogP contribution in [0, 0.1) is 5.92 Å². The number of rotatable bonds is 9. The maximum absolute atomic E-state index is 6.61. The minimum Gasteiger partial charge on any atom is -0.348 e. The first-order chi connectivity index (χ1) is 14.4. The molecule has 0 bridgehead atoms. The molecule has 0 unspecified atom stereocenters. The molecule has 3 heteroatoms. The molecule has 0 heterocycles. The fourth-order valence-electron chi connectivity index (χ4n) is 3.42. The highest BCUT2D eigenvalue weighted by atomic mass is 31.1. The molecule has 29 heavy (non-hydrogen) atoms. The second-order valence-corrected chi connectivity index (χ2v) is 8.95. The van der Waals surface area contributed by atoms with Gasteiger partial charge in [-0.1, -0.05) is 115 Å². The Kier molecular flexibility index (Phi) is 7.04. The largest absolute Gasteiger partial charge is 0.348 e. The van der Waals surface area contributed by atoms with Crippen molar-refractivity contribution in [1.29, 1.82) is 0 Å². The summed E-state index contributed by atoms with van der Waals surface area (Å²) in [5.41, 5.74) is 1.26. The summed E-state index contributed by atoms with van der Waals surface area (Å²) in [7, 11) is -0.863. The van der Waals surface area contributed by atoms with Crippen molar-refractivity contribution < 1.29 is 4.52 Å². The van der Waals surface area contributed by atoms with Gasteiger partial charge in [0, 0.05) is 23.1 Å². The van der Waals surface area contributed by atoms with E-state index in [1.54, 1.807) is 0 Å². The predicted octanol–water partition coefficient (Wildman–Crippen LogP) is 5.12. The maximum Gasteiger partial charge on any atom is 0.0918 e. The van der Waals surface area contributed by atoms with Crippen LogP contribution in [-0.2, 0) is 4.52 Å². The topological polar surface area (TPSA) is 21.3 Å². The van der Waals surface area contributed by atoms with E-state index >= 15 is 0 Å². The van der Waals surface area contributed by atoms with Gasteiger partial charge >= 0.3 is 0 Å². The number of hydrogen-bond acceptors (Lipinski definition) is 2. The Morgan fingerprint density at radius 1 is 0.724 bits per heavy atom. The van der Waals surface area contributed by atoms with Crippen molar-refractivity contribution >= 4 is 18.8 Å². The number of allylic oxidation sites excluding steroid dienone is 2. The highest BCUT2D eigenvalue weighted by molar-refractivity contribution is 7.68. The summed E-state index contributed by atoms with van der Waals surface area (Å²) in [6.45, 7) is 1.53. The molecular formula is C26H26NOP. The van der Waals surface area contributed by atoms with Crippen LogP contribution in [0.15, 0.2) is 115 Å². The first kappa shape index (κ1) is 19.8. The quantitative estimate of drug-likeness (QED) is 0.504. The molecule has 0 fully saturated rings. The highest BCUT2D eigenvalue weighted by Gasteiger charge is 2.19. The van der Waals surface area contributed by atoms with E-state index in [0.29, 0.717) is 12.5 Å². The Balaban J connectivity index is 1.51. The molecule has 3 aromatic carbocycles. The molecule has 0 amide bonds. The van der Waals surface area contributed by atoms with Crippen molar-refractivity contribution in [2.45, 2.75) is 6.04 Å². The minimum atomic E-state index is -0.863. The molecule has 1 N–H and O–H groups in total. The van der Waals surface area contributed by atoms with E-state index in [9.17, 15) is 0 Å². The van der Waals surface area contributed by atoms with Crippen LogP contribution in [0.3, 0.4) is 0 Å². The van der Waals surface area contributed by atoms with Gasteiger partial charge in [0.1, 0.15) is 0 Å². The molecule has 0 radical (unpaired) electrons. The molecular weight excluding hydrogens is 373 g/mol. The predicted molar refractivity (Wildman–Crippen MR) is 124 cm³/mol. The fourth-order valence-corrected chi connectivity index (χ4v) is 5.20. The summed E-state index contributed by atoms with van der Waals surface area (Å²) in [5, 5.41) is 6.20. The van der Waals surface area contributed by atoms with E-state index in [1.165, 1.54) is 16.2 Å². The van der Waals surface area contributed by atoms with Crippen LogP contribution < -0.4 is 15.9 Å². The van der Waals surface area contributed by atoms with E-state index in [0.717, 1.165) is 6.54 Å². The molecule has 0 aliphatic heterocycles. The van der Waals surface area contributed by atoms with Gasteiger partial charge in [-0.15, -0.1) is 0 Å². The van der Waals surface area contributed by atoms with Crippen LogP contribution in [0.5, 0.6) is 0 Å². The van der Waals surface area contributed by atoms with Crippen LogP contribution in [0.4, 0.5) is 0 Å². The zero-order valence-corrected chi connectivity index (χ0v) is 17.3. The molecule has 0 spiro atoms. The average Bonchev–Trinajstić information content (AvgIpc) is 3.32. The highest BCUT2D eigenvalue weighted by Crippen LogP contribution is 2.36. The first-order valence-electron chi connectivity index (χ1n) is 10.1. The summed E-state index contributed by atoms with van der Waals surface area (Å²) in [6.07, 6.45) is 8.70. The van der Waals surface area contributed by atoms with E-state index in [1.807, 2.05) is 0 Å². The van der Waals surface area contributed by atoms with Crippen LogP contribution in [0.2, 0.25) is 0 Å². The minimum absolute atomic E-state index is 0.149. The molecule has 0 aromatic heterocycles. The third-order valence-corrected chi connectivity index (χ3v) is 6.92. The first-order valence-corrected chi connectivity index (χ1v) is 11.3. The summed E-state index contributed by atoms with van der Waals surface area (Å²) in [6, 6.07) is 31.9. The van der Waals surface area contributed by atoms with Crippen molar-refractivity contribution in [2.24, 2.45) is 5.92 Å². The average molecular weight is 399 g/mol. The van der Waals surface area contributed by atoms with Crippen LogP contribution in [0.1, 0.15) is 11.6 Å². The molecule has 3 aromatic rings. The van der Waals surface area contributed by atoms with Gasteiger partial charge in [-0.3, -0.25) is 0 Å². The third-order valence-electron chi connectivity index (χ3n) is 4.98. The van der Waals surface area contributed by atoms with Gasteiger partial charge in [0.2, 0.25) is 0 Å². The van der Waals surface area contributed by atoms with Gasteiger partial charge in [-0.25, -0.2) is 0 Å². The lowest BCUT2D eigenvalue weighted by Gasteiger charge is -2.25. The van der Waals surface area contributed by atoms with Crippen LogP contribution in [0.25, 0.3) is 0 Å². The second kappa shape index (κ2) is 10.3. The molecule has 1 aliphatic rings. The van der Waals surface area contributed by atoms with Crippen molar-refractivity contribution in [2.75, 3.05) is 13.2 Å². The molecule has 0 saturated heterocycles. The van der Waals surface area contributed by atoms with E-state index in [4.69, 9.17) is 4.52 Å². The van der Waals surface area contributed by atoms with Crippen molar-refractivity contribution in [3.8, 4) is 0 Å². The summed E-state index contributed by atoms with van der Waals surface area (Å²) in [5.74, 6) is 0.450. The Bertz CT molecular complexity index is 873. The fraction of sp³-hybridized carbons (Fsp3) is 0.154. The monoisotopic (exact) mass is 399 g/mol. The lowest BCUT2D eigenvalue weighted by molar-refractivity contribution is 0.295. The van der Waals surface area contributed by atoms with Gasteiger partial charge in [0.25, 0.3) is 0 Å². The van der Waals surface area contributed by atoms with Gasteiger partial charge in [-0.2, -0.15) is 0 Å². The second-order valence-electron chi connectivity index (χ2n) is 7.07. The summed E-state index contributed by atoms with van der Waals surface area (Å²) in [4.78, 5) is 0. The molecule has 4 rings (SSSR count). The Morgan fingerprint density at radius 2 is 1.24 bits per heavy atom. The van der Waals surface area contributed by atoms with Crippen molar-refractivity contribution in [3.63, 3.8) is 0 Å². The van der Waals surface area contributed by atoms with Crippen LogP contribution >= 0.6 is 8.15 Å². The van der Waals surface area contributed by atoms with E-state index in [2.05, 4.69) is 121 Å². The standard InChI is InChI=1S/C26H26NOP/c1-4-14-23(15-5-1)26(27-20-22-12-10-11-13-22)21-28-29(24-16-6-2-7-17-24)25-18-8-3-9-19-25/h1-19,22,26-27H,20-21H2/t26-/m1/s1. The van der Waals surface area contributed by atoms with Gasteiger partial charge in [0.15, 0.2) is 0 Å². The zero-order valence-electron chi connectivity index (χ0n) is 16.4. The normalized spacial score (nSPS) is 14.5. The number of hydrogen-bond donors (Lipinski definition) is 1. The molecule has 146 valence electrons. The summed E-state index contributed by atoms with van der Waals surface area (Å²) < 4.78 is 6.61. The third kappa shape index (κ3) is 5.52. The summed E-state index contributed by atoms with van der Waals surface area (Å²) >= 11 is 0. The SMILES string of the molecule is C1=CC(CN[C@H](COP(c2ccccc2)c2ccccc2)c2ccccc2)C=C1. The van der Waals surface area contributed by atoms with Gasteiger partial charge in [0.05, 0.1) is 20.8 Å². The van der Waals surface area contributed by atoms with Gasteiger partial charge in [-0.05, 0) is 5.56 Å².